The van der Waals surface area contributed by atoms with Gasteiger partial charge in [-0.2, -0.15) is 11.3 Å². The topological polar surface area (TPSA) is 49.3 Å². The maximum atomic E-state index is 10.4. The van der Waals surface area contributed by atoms with Gasteiger partial charge < -0.3 is 10.4 Å². The number of nitrogens with one attached hydrogen (secondary N) is 1. The maximum Gasteiger partial charge on any atom is 0.320 e. The third kappa shape index (κ3) is 2.64. The lowest BCUT2D eigenvalue weighted by Gasteiger charge is -2.06. The lowest BCUT2D eigenvalue weighted by molar-refractivity contribution is -0.139. The standard InChI is InChI=1S/C8H11NO2S/c1-6(8(10)11)9-4-7-2-3-12-5-7/h2-3,5-6,9H,4H2,1H3,(H,10,11). The zero-order valence-electron chi connectivity index (χ0n) is 6.78. The molecule has 0 amide bonds. The van der Waals surface area contributed by atoms with E-state index in [4.69, 9.17) is 5.11 Å². The van der Waals surface area contributed by atoms with Crippen LogP contribution in [0.4, 0.5) is 0 Å². The van der Waals surface area contributed by atoms with Gasteiger partial charge in [-0.05, 0) is 29.3 Å². The van der Waals surface area contributed by atoms with E-state index in [2.05, 4.69) is 5.32 Å². The summed E-state index contributed by atoms with van der Waals surface area (Å²) in [5, 5.41) is 15.4. The first kappa shape index (κ1) is 9.22. The quantitative estimate of drug-likeness (QED) is 0.743. The van der Waals surface area contributed by atoms with Crippen molar-refractivity contribution in [1.29, 1.82) is 0 Å². The molecule has 12 heavy (non-hydrogen) atoms. The zero-order valence-corrected chi connectivity index (χ0v) is 7.60. The van der Waals surface area contributed by atoms with E-state index >= 15 is 0 Å². The van der Waals surface area contributed by atoms with E-state index in [1.54, 1.807) is 18.3 Å². The number of hydrogen-bond donors (Lipinski definition) is 2. The molecule has 3 nitrogen and oxygen atoms in total. The molecule has 1 aromatic rings. The van der Waals surface area contributed by atoms with E-state index in [0.29, 0.717) is 6.54 Å². The van der Waals surface area contributed by atoms with E-state index in [9.17, 15) is 4.79 Å². The molecule has 0 aliphatic carbocycles. The number of rotatable bonds is 4. The Morgan fingerprint density at radius 3 is 3.08 bits per heavy atom. The average Bonchev–Trinajstić information content (AvgIpc) is 2.51. The number of carboxylic acid groups (broad SMARTS) is 1. The molecule has 66 valence electrons. The van der Waals surface area contributed by atoms with Crippen LogP contribution in [0, 0.1) is 0 Å². The lowest BCUT2D eigenvalue weighted by atomic mass is 10.3. The molecule has 0 saturated heterocycles. The molecule has 0 aliphatic heterocycles. The van der Waals surface area contributed by atoms with Crippen LogP contribution in [-0.2, 0) is 11.3 Å². The summed E-state index contributed by atoms with van der Waals surface area (Å²) in [6.45, 7) is 2.26. The first-order chi connectivity index (χ1) is 5.70. The highest BCUT2D eigenvalue weighted by Gasteiger charge is 2.08. The summed E-state index contributed by atoms with van der Waals surface area (Å²) < 4.78 is 0. The fourth-order valence-electron chi connectivity index (χ4n) is 0.751. The molecule has 1 aromatic heterocycles. The molecule has 1 heterocycles. The summed E-state index contributed by atoms with van der Waals surface area (Å²) >= 11 is 1.61. The van der Waals surface area contributed by atoms with Crippen LogP contribution in [0.15, 0.2) is 16.8 Å². The molecule has 0 bridgehead atoms. The van der Waals surface area contributed by atoms with Crippen molar-refractivity contribution < 1.29 is 9.90 Å². The zero-order chi connectivity index (χ0) is 8.97. The minimum absolute atomic E-state index is 0.482. The fourth-order valence-corrected chi connectivity index (χ4v) is 1.42. The SMILES string of the molecule is CC(NCc1ccsc1)C(=O)O. The Labute approximate surface area is 75.0 Å². The molecule has 0 saturated carbocycles. The van der Waals surface area contributed by atoms with Gasteiger partial charge >= 0.3 is 5.97 Å². The Morgan fingerprint density at radius 1 is 1.83 bits per heavy atom. The summed E-state index contributed by atoms with van der Waals surface area (Å²) in [5.74, 6) is -0.815. The molecule has 0 radical (unpaired) electrons. The number of aliphatic carboxylic acids is 1. The van der Waals surface area contributed by atoms with Gasteiger partial charge in [0.2, 0.25) is 0 Å². The van der Waals surface area contributed by atoms with Gasteiger partial charge in [-0.25, -0.2) is 0 Å². The first-order valence-corrected chi connectivity index (χ1v) is 4.61. The van der Waals surface area contributed by atoms with E-state index in [0.717, 1.165) is 5.56 Å². The van der Waals surface area contributed by atoms with Gasteiger partial charge in [-0.3, -0.25) is 4.79 Å². The van der Waals surface area contributed by atoms with Gasteiger partial charge in [0.1, 0.15) is 6.04 Å². The van der Waals surface area contributed by atoms with E-state index in [1.807, 2.05) is 16.8 Å². The molecular weight excluding hydrogens is 174 g/mol. The second-order valence-corrected chi connectivity index (χ2v) is 3.35. The van der Waals surface area contributed by atoms with Crippen molar-refractivity contribution in [1.82, 2.24) is 5.32 Å². The van der Waals surface area contributed by atoms with Crippen LogP contribution in [0.2, 0.25) is 0 Å². The highest BCUT2D eigenvalue weighted by Crippen LogP contribution is 2.05. The second kappa shape index (κ2) is 4.23. The van der Waals surface area contributed by atoms with Crippen LogP contribution in [0.25, 0.3) is 0 Å². The summed E-state index contributed by atoms with van der Waals surface area (Å²) in [6.07, 6.45) is 0. The third-order valence-corrected chi connectivity index (χ3v) is 2.29. The fraction of sp³-hybridized carbons (Fsp3) is 0.375. The molecule has 4 heteroatoms. The molecule has 1 atom stereocenters. The predicted molar refractivity (Wildman–Crippen MR) is 48.3 cm³/mol. The summed E-state index contributed by atoms with van der Waals surface area (Å²) in [6, 6.07) is 1.50. The summed E-state index contributed by atoms with van der Waals surface area (Å²) in [5.41, 5.74) is 1.13. The normalized spacial score (nSPS) is 12.8. The molecule has 0 aromatic carbocycles. The molecule has 1 unspecified atom stereocenters. The third-order valence-electron chi connectivity index (χ3n) is 1.56. The second-order valence-electron chi connectivity index (χ2n) is 2.57. The number of carboxylic acids is 1. The Hall–Kier alpha value is -0.870. The Kier molecular flexibility index (Phi) is 3.25. The molecule has 0 fully saturated rings. The van der Waals surface area contributed by atoms with E-state index in [1.165, 1.54) is 0 Å². The van der Waals surface area contributed by atoms with E-state index < -0.39 is 12.0 Å². The average molecular weight is 185 g/mol. The largest absolute Gasteiger partial charge is 0.480 e. The Balaban J connectivity index is 2.31. The highest BCUT2D eigenvalue weighted by molar-refractivity contribution is 7.07. The van der Waals surface area contributed by atoms with Gasteiger partial charge in [0.05, 0.1) is 0 Å². The molecule has 1 rings (SSSR count). The van der Waals surface area contributed by atoms with Crippen molar-refractivity contribution in [2.45, 2.75) is 19.5 Å². The van der Waals surface area contributed by atoms with Crippen LogP contribution < -0.4 is 5.32 Å². The van der Waals surface area contributed by atoms with Crippen molar-refractivity contribution in [3.8, 4) is 0 Å². The van der Waals surface area contributed by atoms with Crippen molar-refractivity contribution in [3.63, 3.8) is 0 Å². The van der Waals surface area contributed by atoms with Crippen molar-refractivity contribution in [3.05, 3.63) is 22.4 Å². The van der Waals surface area contributed by atoms with Crippen LogP contribution in [0.5, 0.6) is 0 Å². The maximum absolute atomic E-state index is 10.4. The predicted octanol–water partition coefficient (Wildman–Crippen LogP) is 1.31. The number of hydrogen-bond acceptors (Lipinski definition) is 3. The van der Waals surface area contributed by atoms with Gasteiger partial charge in [0, 0.05) is 6.54 Å². The van der Waals surface area contributed by atoms with Crippen LogP contribution in [0.3, 0.4) is 0 Å². The Morgan fingerprint density at radius 2 is 2.58 bits per heavy atom. The number of carbonyl (C=O) groups is 1. The smallest absolute Gasteiger partial charge is 0.320 e. The molecular formula is C8H11NO2S. The molecule has 0 aliphatic rings. The van der Waals surface area contributed by atoms with Gasteiger partial charge in [-0.15, -0.1) is 0 Å². The van der Waals surface area contributed by atoms with Crippen molar-refractivity contribution >= 4 is 17.3 Å². The Bertz CT molecular complexity index is 246. The van der Waals surface area contributed by atoms with E-state index in [-0.39, 0.29) is 0 Å². The minimum atomic E-state index is -0.815. The number of thiophene rings is 1. The monoisotopic (exact) mass is 185 g/mol. The van der Waals surface area contributed by atoms with Crippen molar-refractivity contribution in [2.24, 2.45) is 0 Å². The van der Waals surface area contributed by atoms with Crippen LogP contribution >= 0.6 is 11.3 Å². The minimum Gasteiger partial charge on any atom is -0.480 e. The van der Waals surface area contributed by atoms with Gasteiger partial charge in [0.15, 0.2) is 0 Å². The van der Waals surface area contributed by atoms with Crippen LogP contribution in [0.1, 0.15) is 12.5 Å². The van der Waals surface area contributed by atoms with Gasteiger partial charge in [-0.1, -0.05) is 0 Å². The van der Waals surface area contributed by atoms with Gasteiger partial charge in [0.25, 0.3) is 0 Å². The highest BCUT2D eigenvalue weighted by atomic mass is 32.1. The molecule has 2 N–H and O–H groups in total. The lowest BCUT2D eigenvalue weighted by Crippen LogP contribution is -2.32. The van der Waals surface area contributed by atoms with Crippen molar-refractivity contribution in [2.75, 3.05) is 0 Å². The molecule has 0 spiro atoms. The first-order valence-electron chi connectivity index (χ1n) is 3.67. The van der Waals surface area contributed by atoms with Crippen LogP contribution in [-0.4, -0.2) is 17.1 Å². The summed E-state index contributed by atoms with van der Waals surface area (Å²) in [7, 11) is 0. The summed E-state index contributed by atoms with van der Waals surface area (Å²) in [4.78, 5) is 10.4.